The monoisotopic (exact) mass is 280 g/mol. The fraction of sp³-hybridized carbons (Fsp3) is 0.571. The number of unbranched alkanes of at least 4 members (excludes halogenated alkanes) is 1. The smallest absolute Gasteiger partial charge is 0.138 e. The molecule has 0 atom stereocenters. The second-order valence-electron chi connectivity index (χ2n) is 2.39. The first kappa shape index (κ1) is 9.26. The van der Waals surface area contributed by atoms with E-state index in [0.29, 0.717) is 0 Å². The van der Waals surface area contributed by atoms with Crippen molar-refractivity contribution in [3.63, 3.8) is 0 Å². The third-order valence-electron chi connectivity index (χ3n) is 1.44. The first-order valence-electron chi connectivity index (χ1n) is 3.64. The van der Waals surface area contributed by atoms with Crippen LogP contribution in [0.25, 0.3) is 0 Å². The molecule has 62 valence electrons. The number of nitrogens with zero attached hydrogens (tertiary/aromatic N) is 1. The van der Waals surface area contributed by atoms with Gasteiger partial charge in [-0.25, -0.2) is 4.98 Å². The molecule has 2 nitrogen and oxygen atoms in total. The molecule has 0 saturated carbocycles. The summed E-state index contributed by atoms with van der Waals surface area (Å²) in [6, 6.07) is 0. The van der Waals surface area contributed by atoms with Gasteiger partial charge in [-0.2, -0.15) is 0 Å². The molecule has 0 radical (unpaired) electrons. The number of halogens is 2. The number of aromatic amines is 1. The molecule has 1 heterocycles. The standard InChI is InChI=1S/C7H10Br2N2/c1-2-3-4-5-10-6(8)7(9)11-5/h2-4H2,1H3,(H,10,11). The number of aryl methyl sites for hydroxylation is 1. The third-order valence-corrected chi connectivity index (χ3v) is 3.12. The summed E-state index contributed by atoms with van der Waals surface area (Å²) >= 11 is 6.66. The van der Waals surface area contributed by atoms with E-state index in [1.807, 2.05) is 0 Å². The van der Waals surface area contributed by atoms with E-state index in [1.165, 1.54) is 12.8 Å². The first-order valence-corrected chi connectivity index (χ1v) is 5.22. The van der Waals surface area contributed by atoms with Crippen molar-refractivity contribution in [1.82, 2.24) is 9.97 Å². The zero-order valence-electron chi connectivity index (χ0n) is 6.32. The van der Waals surface area contributed by atoms with Gasteiger partial charge >= 0.3 is 0 Å². The highest BCUT2D eigenvalue weighted by Gasteiger charge is 2.02. The zero-order valence-corrected chi connectivity index (χ0v) is 9.50. The Kier molecular flexibility index (Phi) is 3.59. The molecule has 0 saturated heterocycles. The number of aromatic nitrogens is 2. The maximum absolute atomic E-state index is 4.26. The van der Waals surface area contributed by atoms with Gasteiger partial charge in [0.05, 0.1) is 0 Å². The van der Waals surface area contributed by atoms with Crippen molar-refractivity contribution in [3.8, 4) is 0 Å². The van der Waals surface area contributed by atoms with Gasteiger partial charge in [0, 0.05) is 6.42 Å². The second-order valence-corrected chi connectivity index (χ2v) is 3.94. The number of hydrogen-bond donors (Lipinski definition) is 1. The minimum atomic E-state index is 0.864. The van der Waals surface area contributed by atoms with Crippen molar-refractivity contribution in [1.29, 1.82) is 0 Å². The Morgan fingerprint density at radius 1 is 1.45 bits per heavy atom. The van der Waals surface area contributed by atoms with Crippen LogP contribution in [-0.4, -0.2) is 9.97 Å². The summed E-state index contributed by atoms with van der Waals surface area (Å²) in [7, 11) is 0. The number of H-pyrrole nitrogens is 1. The lowest BCUT2D eigenvalue weighted by atomic mass is 10.2. The number of imidazole rings is 1. The molecular formula is C7H10Br2N2. The maximum atomic E-state index is 4.26. The molecule has 0 aliphatic carbocycles. The van der Waals surface area contributed by atoms with Crippen LogP contribution in [0.4, 0.5) is 0 Å². The van der Waals surface area contributed by atoms with E-state index in [4.69, 9.17) is 0 Å². The average Bonchev–Trinajstić information content (AvgIpc) is 2.28. The molecule has 1 N–H and O–H groups in total. The van der Waals surface area contributed by atoms with Crippen molar-refractivity contribution in [2.45, 2.75) is 26.2 Å². The fourth-order valence-corrected chi connectivity index (χ4v) is 1.47. The minimum Gasteiger partial charge on any atom is -0.336 e. The summed E-state index contributed by atoms with van der Waals surface area (Å²) in [5.74, 6) is 1.05. The molecule has 0 amide bonds. The summed E-state index contributed by atoms with van der Waals surface area (Å²) in [5.41, 5.74) is 0. The van der Waals surface area contributed by atoms with E-state index in [-0.39, 0.29) is 0 Å². The molecular weight excluding hydrogens is 272 g/mol. The SMILES string of the molecule is CCCCc1nc(Br)c(Br)[nH]1. The molecule has 4 heteroatoms. The summed E-state index contributed by atoms with van der Waals surface area (Å²) in [6.07, 6.45) is 3.42. The van der Waals surface area contributed by atoms with E-state index in [9.17, 15) is 0 Å². The summed E-state index contributed by atoms with van der Waals surface area (Å²) in [5, 5.41) is 0. The van der Waals surface area contributed by atoms with Crippen molar-refractivity contribution in [3.05, 3.63) is 15.0 Å². The van der Waals surface area contributed by atoms with E-state index in [2.05, 4.69) is 48.8 Å². The van der Waals surface area contributed by atoms with Crippen LogP contribution in [0.1, 0.15) is 25.6 Å². The van der Waals surface area contributed by atoms with Crippen LogP contribution in [0, 0.1) is 0 Å². The predicted octanol–water partition coefficient (Wildman–Crippen LogP) is 3.28. The van der Waals surface area contributed by atoms with Gasteiger partial charge in [0.1, 0.15) is 15.0 Å². The van der Waals surface area contributed by atoms with Crippen molar-refractivity contribution < 1.29 is 0 Å². The Labute approximate surface area is 83.1 Å². The summed E-state index contributed by atoms with van der Waals surface area (Å²) < 4.78 is 1.80. The Hall–Kier alpha value is 0.170. The second kappa shape index (κ2) is 4.26. The van der Waals surface area contributed by atoms with Crippen LogP contribution in [0.3, 0.4) is 0 Å². The Bertz CT molecular complexity index is 213. The largest absolute Gasteiger partial charge is 0.336 e. The lowest BCUT2D eigenvalue weighted by Gasteiger charge is -1.90. The molecule has 0 aliphatic rings. The lowest BCUT2D eigenvalue weighted by molar-refractivity contribution is 0.761. The molecule has 0 unspecified atom stereocenters. The van der Waals surface area contributed by atoms with E-state index in [1.54, 1.807) is 0 Å². The van der Waals surface area contributed by atoms with Crippen molar-refractivity contribution in [2.24, 2.45) is 0 Å². The predicted molar refractivity (Wildman–Crippen MR) is 52.6 cm³/mol. The van der Waals surface area contributed by atoms with Crippen molar-refractivity contribution in [2.75, 3.05) is 0 Å². The van der Waals surface area contributed by atoms with Gasteiger partial charge in [-0.1, -0.05) is 13.3 Å². The quantitative estimate of drug-likeness (QED) is 0.905. The van der Waals surface area contributed by atoms with E-state index in [0.717, 1.165) is 21.5 Å². The molecule has 0 bridgehead atoms. The van der Waals surface area contributed by atoms with Gasteiger partial charge in [-0.05, 0) is 38.3 Å². The maximum Gasteiger partial charge on any atom is 0.138 e. The molecule has 0 aromatic carbocycles. The number of hydrogen-bond acceptors (Lipinski definition) is 1. The number of rotatable bonds is 3. The van der Waals surface area contributed by atoms with Crippen LogP contribution in [0.15, 0.2) is 9.21 Å². The third kappa shape index (κ3) is 2.60. The highest BCUT2D eigenvalue weighted by Crippen LogP contribution is 2.19. The van der Waals surface area contributed by atoms with Crippen LogP contribution in [-0.2, 0) is 6.42 Å². The van der Waals surface area contributed by atoms with Crippen LogP contribution < -0.4 is 0 Å². The highest BCUT2D eigenvalue weighted by molar-refractivity contribution is 9.13. The van der Waals surface area contributed by atoms with Gasteiger partial charge in [-0.3, -0.25) is 0 Å². The average molecular weight is 282 g/mol. The normalized spacial score (nSPS) is 10.5. The van der Waals surface area contributed by atoms with Crippen LogP contribution in [0.2, 0.25) is 0 Å². The van der Waals surface area contributed by atoms with E-state index < -0.39 is 0 Å². The Morgan fingerprint density at radius 2 is 2.18 bits per heavy atom. The molecule has 1 rings (SSSR count). The van der Waals surface area contributed by atoms with Crippen molar-refractivity contribution >= 4 is 31.9 Å². The summed E-state index contributed by atoms with van der Waals surface area (Å²) in [6.45, 7) is 2.17. The van der Waals surface area contributed by atoms with Crippen LogP contribution >= 0.6 is 31.9 Å². The zero-order chi connectivity index (χ0) is 8.27. The molecule has 0 aliphatic heterocycles. The van der Waals surface area contributed by atoms with E-state index >= 15 is 0 Å². The number of nitrogens with one attached hydrogen (secondary N) is 1. The highest BCUT2D eigenvalue weighted by atomic mass is 79.9. The lowest BCUT2D eigenvalue weighted by Crippen LogP contribution is -1.86. The molecule has 1 aromatic heterocycles. The molecule has 1 aromatic rings. The van der Waals surface area contributed by atoms with Gasteiger partial charge in [0.25, 0.3) is 0 Å². The van der Waals surface area contributed by atoms with Gasteiger partial charge < -0.3 is 4.98 Å². The summed E-state index contributed by atoms with van der Waals surface area (Å²) in [4.78, 5) is 7.40. The van der Waals surface area contributed by atoms with Gasteiger partial charge in [0.15, 0.2) is 0 Å². The fourth-order valence-electron chi connectivity index (χ4n) is 0.836. The Morgan fingerprint density at radius 3 is 2.64 bits per heavy atom. The Balaban J connectivity index is 2.58. The molecule has 0 spiro atoms. The van der Waals surface area contributed by atoms with Gasteiger partial charge in [-0.15, -0.1) is 0 Å². The van der Waals surface area contributed by atoms with Gasteiger partial charge in [0.2, 0.25) is 0 Å². The molecule has 11 heavy (non-hydrogen) atoms. The molecule has 0 fully saturated rings. The van der Waals surface area contributed by atoms with Crippen LogP contribution in [0.5, 0.6) is 0 Å². The minimum absolute atomic E-state index is 0.864. The first-order chi connectivity index (χ1) is 5.24. The topological polar surface area (TPSA) is 28.7 Å².